The molecule has 0 spiro atoms. The molecule has 0 radical (unpaired) electrons. The molecule has 1 atom stereocenters. The van der Waals surface area contributed by atoms with Gasteiger partial charge in [0.2, 0.25) is 6.29 Å². The third kappa shape index (κ3) is 6.27. The molecule has 3 aromatic carbocycles. The molecule has 1 unspecified atom stereocenters. The Balaban J connectivity index is 1.98. The number of nitrogens with zero attached hydrogens (tertiary/aromatic N) is 1. The van der Waals surface area contributed by atoms with Gasteiger partial charge in [-0.15, -0.1) is 0 Å². The van der Waals surface area contributed by atoms with E-state index in [2.05, 4.69) is 0 Å². The lowest BCUT2D eigenvalue weighted by atomic mass is 9.99. The van der Waals surface area contributed by atoms with Crippen molar-refractivity contribution in [2.75, 3.05) is 18.6 Å². The number of esters is 1. The molecule has 0 saturated heterocycles. The van der Waals surface area contributed by atoms with E-state index in [9.17, 15) is 18.8 Å². The summed E-state index contributed by atoms with van der Waals surface area (Å²) in [7, 11) is 1.33. The first-order chi connectivity index (χ1) is 17.1. The maximum atomic E-state index is 13.8. The highest BCUT2D eigenvalue weighted by molar-refractivity contribution is 6.35. The Bertz CT molecular complexity index is 1300. The number of hydrogen-bond acceptors (Lipinski definition) is 6. The van der Waals surface area contributed by atoms with Gasteiger partial charge in [0.15, 0.2) is 5.78 Å². The van der Waals surface area contributed by atoms with Crippen molar-refractivity contribution in [2.45, 2.75) is 27.1 Å². The van der Waals surface area contributed by atoms with Crippen LogP contribution < -0.4 is 4.90 Å². The molecule has 188 valence electrons. The molecule has 1 amide bonds. The van der Waals surface area contributed by atoms with Gasteiger partial charge in [0.1, 0.15) is 12.4 Å². The largest absolute Gasteiger partial charge is 0.424 e. The molecule has 0 aliphatic rings. The van der Waals surface area contributed by atoms with Crippen molar-refractivity contribution in [2.24, 2.45) is 0 Å². The third-order valence-corrected chi connectivity index (χ3v) is 5.57. The zero-order valence-corrected chi connectivity index (χ0v) is 21.0. The molecule has 3 rings (SSSR count). The van der Waals surface area contributed by atoms with Gasteiger partial charge in [-0.3, -0.25) is 4.79 Å². The number of anilines is 2. The molecule has 0 saturated carbocycles. The van der Waals surface area contributed by atoms with Crippen LogP contribution in [0, 0.1) is 19.7 Å². The second-order valence-electron chi connectivity index (χ2n) is 7.95. The minimum Gasteiger partial charge on any atom is -0.424 e. The number of amides is 1. The molecular formula is C27H25ClFNO6. The Morgan fingerprint density at radius 3 is 2.31 bits per heavy atom. The van der Waals surface area contributed by atoms with Crippen LogP contribution in [0.3, 0.4) is 0 Å². The van der Waals surface area contributed by atoms with Crippen LogP contribution in [0.25, 0.3) is 0 Å². The van der Waals surface area contributed by atoms with E-state index in [1.807, 2.05) is 19.1 Å². The fourth-order valence-corrected chi connectivity index (χ4v) is 3.83. The molecule has 9 heteroatoms. The van der Waals surface area contributed by atoms with Crippen LogP contribution in [0.5, 0.6) is 0 Å². The smallest absolute Gasteiger partial charge is 0.422 e. The molecule has 0 aliphatic heterocycles. The van der Waals surface area contributed by atoms with Crippen LogP contribution in [0.1, 0.15) is 34.0 Å². The number of benzene rings is 3. The Kier molecular flexibility index (Phi) is 8.79. The molecule has 0 aliphatic carbocycles. The molecule has 0 fully saturated rings. The van der Waals surface area contributed by atoms with E-state index in [-0.39, 0.29) is 28.7 Å². The molecule has 3 aromatic rings. The fraction of sp³-hybridized carbons (Fsp3) is 0.222. The van der Waals surface area contributed by atoms with Crippen LogP contribution in [0.2, 0.25) is 5.02 Å². The zero-order chi connectivity index (χ0) is 26.4. The summed E-state index contributed by atoms with van der Waals surface area (Å²) in [6, 6.07) is 15.5. The number of aryl methyl sites for hydroxylation is 2. The normalized spacial score (nSPS) is 11.5. The zero-order valence-electron chi connectivity index (χ0n) is 20.2. The summed E-state index contributed by atoms with van der Waals surface area (Å²) in [6.45, 7) is 4.51. The first-order valence-corrected chi connectivity index (χ1v) is 11.4. The van der Waals surface area contributed by atoms with Crippen LogP contribution in [-0.4, -0.2) is 37.9 Å². The number of hydrogen-bond donors (Lipinski definition) is 0. The summed E-state index contributed by atoms with van der Waals surface area (Å²) < 4.78 is 28.8. The lowest BCUT2D eigenvalue weighted by Gasteiger charge is -2.26. The maximum Gasteiger partial charge on any atom is 0.422 e. The average Bonchev–Trinajstić information content (AvgIpc) is 2.80. The number of ketones is 1. The Morgan fingerprint density at radius 2 is 1.67 bits per heavy atom. The minimum atomic E-state index is -1.24. The summed E-state index contributed by atoms with van der Waals surface area (Å²) in [5, 5.41) is 0.109. The van der Waals surface area contributed by atoms with Gasteiger partial charge in [0.25, 0.3) is 0 Å². The highest BCUT2D eigenvalue weighted by Gasteiger charge is 2.26. The molecular weight excluding hydrogens is 489 g/mol. The van der Waals surface area contributed by atoms with Crippen molar-refractivity contribution in [1.29, 1.82) is 0 Å². The van der Waals surface area contributed by atoms with Crippen molar-refractivity contribution >= 4 is 40.8 Å². The first kappa shape index (κ1) is 26.8. The number of halogens is 2. The topological polar surface area (TPSA) is 82.1 Å². The van der Waals surface area contributed by atoms with E-state index in [0.717, 1.165) is 10.5 Å². The minimum absolute atomic E-state index is 0.109. The second-order valence-corrected chi connectivity index (χ2v) is 8.36. The molecule has 0 bridgehead atoms. The van der Waals surface area contributed by atoms with Crippen LogP contribution >= 0.6 is 11.6 Å². The predicted molar refractivity (Wildman–Crippen MR) is 133 cm³/mol. The lowest BCUT2D eigenvalue weighted by molar-refractivity contribution is -0.168. The van der Waals surface area contributed by atoms with Crippen LogP contribution in [0.15, 0.2) is 60.7 Å². The van der Waals surface area contributed by atoms with Gasteiger partial charge in [-0.05, 0) is 61.4 Å². The van der Waals surface area contributed by atoms with Gasteiger partial charge < -0.3 is 14.2 Å². The van der Waals surface area contributed by atoms with E-state index in [1.54, 1.807) is 19.1 Å². The van der Waals surface area contributed by atoms with Crippen LogP contribution in [0.4, 0.5) is 20.6 Å². The lowest BCUT2D eigenvalue weighted by Crippen LogP contribution is -2.32. The van der Waals surface area contributed by atoms with Crippen molar-refractivity contribution in [1.82, 2.24) is 0 Å². The Labute approximate surface area is 213 Å². The summed E-state index contributed by atoms with van der Waals surface area (Å²) >= 11 is 6.49. The van der Waals surface area contributed by atoms with Crippen molar-refractivity contribution in [3.8, 4) is 0 Å². The molecule has 7 nitrogen and oxygen atoms in total. The highest BCUT2D eigenvalue weighted by atomic mass is 35.5. The third-order valence-electron chi connectivity index (χ3n) is 5.25. The number of methoxy groups -OCH3 is 1. The van der Waals surface area contributed by atoms with Crippen LogP contribution in [-0.2, 0) is 19.0 Å². The van der Waals surface area contributed by atoms with Gasteiger partial charge in [0.05, 0.1) is 16.4 Å². The first-order valence-electron chi connectivity index (χ1n) is 11.0. The summed E-state index contributed by atoms with van der Waals surface area (Å²) in [5.41, 5.74) is 2.56. The summed E-state index contributed by atoms with van der Waals surface area (Å²) in [4.78, 5) is 39.1. The van der Waals surface area contributed by atoms with Gasteiger partial charge in [-0.25, -0.2) is 18.9 Å². The van der Waals surface area contributed by atoms with E-state index >= 15 is 0 Å². The van der Waals surface area contributed by atoms with Gasteiger partial charge in [0, 0.05) is 25.2 Å². The number of ether oxygens (including phenoxy) is 3. The molecule has 0 aromatic heterocycles. The van der Waals surface area contributed by atoms with E-state index in [4.69, 9.17) is 25.8 Å². The van der Waals surface area contributed by atoms with E-state index in [0.29, 0.717) is 16.8 Å². The molecule has 0 heterocycles. The molecule has 0 N–H and O–H groups in total. The van der Waals surface area contributed by atoms with Crippen molar-refractivity contribution in [3.05, 3.63) is 93.8 Å². The Hall–Kier alpha value is -3.75. The molecule has 36 heavy (non-hydrogen) atoms. The maximum absolute atomic E-state index is 13.8. The van der Waals surface area contributed by atoms with Gasteiger partial charge in [-0.1, -0.05) is 35.9 Å². The number of carbonyl (C=O) groups is 3. The quantitative estimate of drug-likeness (QED) is 0.204. The standard InChI is InChI=1S/C27H25ClFNO6/c1-16-7-5-6-8-21(16)26(32)22-11-10-20(14-23(22)28)30(24-12-9-19(29)13-17(24)2)27(33)36-18(3)35-25(31)15-34-4/h5-14,18H,15H2,1-4H3. The van der Waals surface area contributed by atoms with E-state index < -0.39 is 24.2 Å². The predicted octanol–water partition coefficient (Wildman–Crippen LogP) is 6.14. The van der Waals surface area contributed by atoms with Crippen molar-refractivity contribution < 1.29 is 33.0 Å². The Morgan fingerprint density at radius 1 is 0.944 bits per heavy atom. The SMILES string of the molecule is COCC(=O)OC(C)OC(=O)N(c1ccc(C(=O)c2ccccc2C)c(Cl)c1)c1ccc(F)cc1C. The highest BCUT2D eigenvalue weighted by Crippen LogP contribution is 2.33. The van der Waals surface area contributed by atoms with E-state index in [1.165, 1.54) is 50.4 Å². The second kappa shape index (κ2) is 11.8. The summed E-state index contributed by atoms with van der Waals surface area (Å²) in [5.74, 6) is -1.47. The van der Waals surface area contributed by atoms with Gasteiger partial charge in [-0.2, -0.15) is 0 Å². The number of rotatable bonds is 8. The fourth-order valence-electron chi connectivity index (χ4n) is 3.57. The monoisotopic (exact) mass is 513 g/mol. The number of carbonyl (C=O) groups excluding carboxylic acids is 3. The van der Waals surface area contributed by atoms with Gasteiger partial charge >= 0.3 is 12.1 Å². The van der Waals surface area contributed by atoms with Crippen molar-refractivity contribution in [3.63, 3.8) is 0 Å². The average molecular weight is 514 g/mol. The summed E-state index contributed by atoms with van der Waals surface area (Å²) in [6.07, 6.45) is -2.14.